The molecule has 1 aliphatic heterocycles. The van der Waals surface area contributed by atoms with E-state index in [0.29, 0.717) is 5.92 Å². The number of fused-ring (bicyclic) bond motifs is 1. The summed E-state index contributed by atoms with van der Waals surface area (Å²) in [4.78, 5) is 3.84. The zero-order valence-electron chi connectivity index (χ0n) is 16.9. The molecule has 1 atom stereocenters. The molecule has 0 bridgehead atoms. The average molecular weight is 372 g/mol. The van der Waals surface area contributed by atoms with Gasteiger partial charge < -0.3 is 9.64 Å². The second kappa shape index (κ2) is 10.5. The van der Waals surface area contributed by atoms with E-state index >= 15 is 0 Å². The van der Waals surface area contributed by atoms with Crippen molar-refractivity contribution in [1.29, 1.82) is 0 Å². The molecule has 1 aliphatic rings. The number of rotatable bonds is 5. The van der Waals surface area contributed by atoms with Gasteiger partial charge >= 0.3 is 0 Å². The summed E-state index contributed by atoms with van der Waals surface area (Å²) in [6, 6.07) is 15.3. The fraction of sp³-hybridized carbons (Fsp3) is 0.478. The second-order valence-corrected chi connectivity index (χ2v) is 7.62. The van der Waals surface area contributed by atoms with E-state index in [2.05, 4.69) is 61.2 Å². The first-order valence-corrected chi connectivity index (χ1v) is 10.9. The quantitative estimate of drug-likeness (QED) is 0.557. The molecule has 26 heavy (non-hydrogen) atoms. The van der Waals surface area contributed by atoms with Gasteiger partial charge in [-0.1, -0.05) is 51.8 Å². The molecule has 0 spiro atoms. The van der Waals surface area contributed by atoms with E-state index in [1.807, 2.05) is 25.6 Å². The number of unbranched alkanes of at least 4 members (excludes halogenated alkanes) is 1. The number of thioether (sulfide) groups is 1. The zero-order chi connectivity index (χ0) is 18.9. The molecule has 0 aliphatic carbocycles. The number of aryl methyl sites for hydroxylation is 1. The van der Waals surface area contributed by atoms with Crippen LogP contribution in [-0.4, -0.2) is 19.4 Å². The van der Waals surface area contributed by atoms with Crippen LogP contribution in [0.5, 0.6) is 5.75 Å². The molecule has 0 aromatic heterocycles. The smallest absolute Gasteiger partial charge is 0.123 e. The Hall–Kier alpha value is -1.61. The summed E-state index contributed by atoms with van der Waals surface area (Å²) in [5.74, 6) is 2.89. The first-order chi connectivity index (χ1) is 12.7. The van der Waals surface area contributed by atoms with Gasteiger partial charge in [-0.25, -0.2) is 0 Å². The Bertz CT molecular complexity index is 671. The number of ether oxygens (including phenoxy) is 1. The van der Waals surface area contributed by atoms with Gasteiger partial charge in [0.25, 0.3) is 0 Å². The predicted molar refractivity (Wildman–Crippen MR) is 116 cm³/mol. The van der Waals surface area contributed by atoms with Crippen molar-refractivity contribution in [1.82, 2.24) is 0 Å². The first kappa shape index (κ1) is 20.7. The van der Waals surface area contributed by atoms with Crippen LogP contribution >= 0.6 is 11.8 Å². The van der Waals surface area contributed by atoms with Crippen molar-refractivity contribution in [3.8, 4) is 5.75 Å². The molecule has 2 aromatic carbocycles. The maximum absolute atomic E-state index is 5.55. The number of methoxy groups -OCH3 is 1. The minimum absolute atomic E-state index is 0.717. The molecular formula is C23H33NOS. The van der Waals surface area contributed by atoms with Crippen molar-refractivity contribution in [2.24, 2.45) is 5.92 Å². The maximum Gasteiger partial charge on any atom is 0.123 e. The van der Waals surface area contributed by atoms with Crippen molar-refractivity contribution >= 4 is 23.1 Å². The molecule has 0 fully saturated rings. The molecule has 3 rings (SSSR count). The average Bonchev–Trinajstić information content (AvgIpc) is 2.87. The van der Waals surface area contributed by atoms with E-state index in [1.54, 1.807) is 7.11 Å². The molecule has 0 amide bonds. The van der Waals surface area contributed by atoms with Gasteiger partial charge in [-0.15, -0.1) is 11.8 Å². The Morgan fingerprint density at radius 1 is 1.15 bits per heavy atom. The standard InChI is InChI=1S/C21H27NOS.C2H6/c1-4-5-9-17-14-22(18-10-7-6-8-11-18)19-12-16(2)20(23-3)13-21(19)24-15-17;1-2/h6-8,10-13,17H,4-5,9,14-15H2,1-3H3;1-2H3. The lowest BCUT2D eigenvalue weighted by molar-refractivity contribution is 0.410. The highest BCUT2D eigenvalue weighted by atomic mass is 32.2. The van der Waals surface area contributed by atoms with Crippen molar-refractivity contribution in [3.05, 3.63) is 48.0 Å². The summed E-state index contributed by atoms with van der Waals surface area (Å²) in [5.41, 5.74) is 3.81. The highest BCUT2D eigenvalue weighted by molar-refractivity contribution is 7.99. The van der Waals surface area contributed by atoms with E-state index in [9.17, 15) is 0 Å². The largest absolute Gasteiger partial charge is 0.496 e. The zero-order valence-corrected chi connectivity index (χ0v) is 17.7. The number of hydrogen-bond donors (Lipinski definition) is 0. The third kappa shape index (κ3) is 4.97. The number of para-hydroxylation sites is 1. The van der Waals surface area contributed by atoms with Crippen LogP contribution in [-0.2, 0) is 0 Å². The van der Waals surface area contributed by atoms with E-state index < -0.39 is 0 Å². The van der Waals surface area contributed by atoms with Gasteiger partial charge in [0.15, 0.2) is 0 Å². The normalized spacial score (nSPS) is 16.2. The lowest BCUT2D eigenvalue weighted by atomic mass is 10.0. The molecule has 2 aromatic rings. The molecule has 1 unspecified atom stereocenters. The molecule has 0 saturated carbocycles. The van der Waals surface area contributed by atoms with Crippen LogP contribution in [0.1, 0.15) is 45.6 Å². The Labute approximate surface area is 163 Å². The predicted octanol–water partition coefficient (Wildman–Crippen LogP) is 7.08. The highest BCUT2D eigenvalue weighted by Crippen LogP contribution is 2.43. The highest BCUT2D eigenvalue weighted by Gasteiger charge is 2.24. The monoisotopic (exact) mass is 371 g/mol. The third-order valence-corrected chi connectivity index (χ3v) is 5.99. The Balaban J connectivity index is 0.00000117. The minimum Gasteiger partial charge on any atom is -0.496 e. The van der Waals surface area contributed by atoms with Crippen LogP contribution in [0.25, 0.3) is 0 Å². The van der Waals surface area contributed by atoms with E-state index in [4.69, 9.17) is 4.74 Å². The summed E-state index contributed by atoms with van der Waals surface area (Å²) < 4.78 is 5.55. The van der Waals surface area contributed by atoms with Crippen molar-refractivity contribution < 1.29 is 4.74 Å². The van der Waals surface area contributed by atoms with E-state index in [1.165, 1.54) is 46.8 Å². The Morgan fingerprint density at radius 2 is 1.88 bits per heavy atom. The summed E-state index contributed by atoms with van der Waals surface area (Å²) in [7, 11) is 1.76. The minimum atomic E-state index is 0.717. The van der Waals surface area contributed by atoms with E-state index in [-0.39, 0.29) is 0 Å². The molecule has 0 radical (unpaired) electrons. The SMILES string of the molecule is CC.CCCCC1CSc2cc(OC)c(C)cc2N(c2ccccc2)C1. The van der Waals surface area contributed by atoms with Gasteiger partial charge in [0.1, 0.15) is 5.75 Å². The summed E-state index contributed by atoms with van der Waals surface area (Å²) >= 11 is 1.98. The Kier molecular flexibility index (Phi) is 8.37. The van der Waals surface area contributed by atoms with Gasteiger partial charge in [0, 0.05) is 22.9 Å². The molecule has 1 heterocycles. The topological polar surface area (TPSA) is 12.5 Å². The second-order valence-electron chi connectivity index (χ2n) is 6.55. The summed E-state index contributed by atoms with van der Waals surface area (Å²) in [6.07, 6.45) is 3.88. The van der Waals surface area contributed by atoms with Gasteiger partial charge in [-0.05, 0) is 49.1 Å². The van der Waals surface area contributed by atoms with E-state index in [0.717, 1.165) is 12.3 Å². The molecule has 0 saturated heterocycles. The van der Waals surface area contributed by atoms with Crippen molar-refractivity contribution in [2.75, 3.05) is 24.3 Å². The summed E-state index contributed by atoms with van der Waals surface area (Å²) in [6.45, 7) is 9.50. The molecular weight excluding hydrogens is 338 g/mol. The lowest BCUT2D eigenvalue weighted by Gasteiger charge is -2.28. The van der Waals surface area contributed by atoms with Crippen LogP contribution in [0.3, 0.4) is 0 Å². The van der Waals surface area contributed by atoms with Gasteiger partial charge in [0.05, 0.1) is 12.8 Å². The third-order valence-electron chi connectivity index (χ3n) is 4.72. The number of benzene rings is 2. The first-order valence-electron chi connectivity index (χ1n) is 9.87. The van der Waals surface area contributed by atoms with Crippen molar-refractivity contribution in [3.63, 3.8) is 0 Å². The molecule has 142 valence electrons. The van der Waals surface area contributed by atoms with Crippen LogP contribution in [0.15, 0.2) is 47.4 Å². The maximum atomic E-state index is 5.55. The number of nitrogens with zero attached hydrogens (tertiary/aromatic N) is 1. The van der Waals surface area contributed by atoms with Crippen LogP contribution in [0.4, 0.5) is 11.4 Å². The fourth-order valence-corrected chi connectivity index (χ4v) is 4.53. The van der Waals surface area contributed by atoms with Gasteiger partial charge in [-0.2, -0.15) is 0 Å². The van der Waals surface area contributed by atoms with Crippen LogP contribution < -0.4 is 9.64 Å². The van der Waals surface area contributed by atoms with Gasteiger partial charge in [-0.3, -0.25) is 0 Å². The summed E-state index contributed by atoms with van der Waals surface area (Å²) in [5, 5.41) is 0. The fourth-order valence-electron chi connectivity index (χ4n) is 3.34. The Morgan fingerprint density at radius 3 is 2.54 bits per heavy atom. The van der Waals surface area contributed by atoms with Crippen molar-refractivity contribution in [2.45, 2.75) is 51.9 Å². The molecule has 0 N–H and O–H groups in total. The lowest BCUT2D eigenvalue weighted by Crippen LogP contribution is -2.25. The number of anilines is 2. The van der Waals surface area contributed by atoms with Gasteiger partial charge in [0.2, 0.25) is 0 Å². The molecule has 2 nitrogen and oxygen atoms in total. The van der Waals surface area contributed by atoms with Crippen LogP contribution in [0.2, 0.25) is 0 Å². The van der Waals surface area contributed by atoms with Crippen LogP contribution in [0, 0.1) is 12.8 Å². The molecule has 3 heteroatoms. The number of hydrogen-bond acceptors (Lipinski definition) is 3.